The van der Waals surface area contributed by atoms with Gasteiger partial charge in [-0.3, -0.25) is 4.98 Å². The van der Waals surface area contributed by atoms with E-state index in [1.54, 1.807) is 24.5 Å². The summed E-state index contributed by atoms with van der Waals surface area (Å²) < 4.78 is 20.0. The summed E-state index contributed by atoms with van der Waals surface area (Å²) in [4.78, 5) is 8.64. The molecule has 0 aliphatic rings. The SMILES string of the molecule is Fc1cc(Nc2nc(-c3cccnc3)cs2)ccc1OCCCc1ccccc1. The lowest BCUT2D eigenvalue weighted by molar-refractivity contribution is 0.296. The maximum Gasteiger partial charge on any atom is 0.187 e. The van der Waals surface area contributed by atoms with E-state index in [4.69, 9.17) is 4.74 Å². The van der Waals surface area contributed by atoms with Crippen molar-refractivity contribution in [3.05, 3.63) is 89.8 Å². The zero-order valence-electron chi connectivity index (χ0n) is 15.7. The Kier molecular flexibility index (Phi) is 6.12. The number of aromatic nitrogens is 2. The number of hydrogen-bond acceptors (Lipinski definition) is 5. The summed E-state index contributed by atoms with van der Waals surface area (Å²) in [6, 6.07) is 18.9. The normalized spacial score (nSPS) is 10.7. The van der Waals surface area contributed by atoms with Gasteiger partial charge in [0.2, 0.25) is 0 Å². The number of nitrogens with one attached hydrogen (secondary N) is 1. The largest absolute Gasteiger partial charge is 0.491 e. The van der Waals surface area contributed by atoms with E-state index < -0.39 is 5.82 Å². The summed E-state index contributed by atoms with van der Waals surface area (Å²) in [5.74, 6) is -0.127. The van der Waals surface area contributed by atoms with Crippen molar-refractivity contribution in [2.45, 2.75) is 12.8 Å². The molecule has 4 rings (SSSR count). The van der Waals surface area contributed by atoms with Gasteiger partial charge in [-0.05, 0) is 42.7 Å². The van der Waals surface area contributed by atoms with Crippen molar-refractivity contribution >= 4 is 22.2 Å². The second-order valence-corrected chi connectivity index (χ2v) is 7.35. The second-order valence-electron chi connectivity index (χ2n) is 6.49. The fraction of sp³-hybridized carbons (Fsp3) is 0.130. The molecule has 0 radical (unpaired) electrons. The first-order valence-corrected chi connectivity index (χ1v) is 10.2. The molecule has 0 atom stereocenters. The van der Waals surface area contributed by atoms with Gasteiger partial charge in [0.15, 0.2) is 16.7 Å². The van der Waals surface area contributed by atoms with E-state index in [2.05, 4.69) is 27.4 Å². The zero-order chi connectivity index (χ0) is 19.9. The minimum absolute atomic E-state index is 0.263. The van der Waals surface area contributed by atoms with Crippen LogP contribution in [0.3, 0.4) is 0 Å². The summed E-state index contributed by atoms with van der Waals surface area (Å²) in [5, 5.41) is 5.78. The number of halogens is 1. The quantitative estimate of drug-likeness (QED) is 0.360. The van der Waals surface area contributed by atoms with Crippen LogP contribution in [0, 0.1) is 5.82 Å². The monoisotopic (exact) mass is 405 g/mol. The molecule has 0 unspecified atom stereocenters. The van der Waals surface area contributed by atoms with Crippen molar-refractivity contribution in [1.82, 2.24) is 9.97 Å². The van der Waals surface area contributed by atoms with Gasteiger partial charge < -0.3 is 10.1 Å². The molecular weight excluding hydrogens is 385 g/mol. The highest BCUT2D eigenvalue weighted by Gasteiger charge is 2.08. The topological polar surface area (TPSA) is 47.0 Å². The van der Waals surface area contributed by atoms with E-state index in [0.717, 1.165) is 24.1 Å². The molecule has 1 N–H and O–H groups in total. The van der Waals surface area contributed by atoms with Gasteiger partial charge in [0.25, 0.3) is 0 Å². The number of pyridine rings is 1. The lowest BCUT2D eigenvalue weighted by Crippen LogP contribution is -2.01. The summed E-state index contributed by atoms with van der Waals surface area (Å²) in [5.41, 5.74) is 3.67. The number of rotatable bonds is 8. The van der Waals surface area contributed by atoms with Crippen molar-refractivity contribution in [3.63, 3.8) is 0 Å². The molecule has 0 amide bonds. The molecule has 0 fully saturated rings. The molecule has 2 aromatic carbocycles. The van der Waals surface area contributed by atoms with Crippen molar-refractivity contribution in [2.75, 3.05) is 11.9 Å². The fourth-order valence-corrected chi connectivity index (χ4v) is 3.64. The Bertz CT molecular complexity index is 1050. The van der Waals surface area contributed by atoms with Gasteiger partial charge in [-0.15, -0.1) is 11.3 Å². The number of anilines is 2. The van der Waals surface area contributed by atoms with Gasteiger partial charge in [0, 0.05) is 35.1 Å². The summed E-state index contributed by atoms with van der Waals surface area (Å²) in [6.45, 7) is 0.472. The minimum atomic E-state index is -0.390. The van der Waals surface area contributed by atoms with Gasteiger partial charge in [-0.2, -0.15) is 0 Å². The van der Waals surface area contributed by atoms with Gasteiger partial charge in [0.05, 0.1) is 12.3 Å². The maximum atomic E-state index is 14.4. The average Bonchev–Trinajstić information content (AvgIpc) is 3.22. The van der Waals surface area contributed by atoms with E-state index in [0.29, 0.717) is 17.4 Å². The zero-order valence-corrected chi connectivity index (χ0v) is 16.5. The van der Waals surface area contributed by atoms with Crippen LogP contribution in [0.25, 0.3) is 11.3 Å². The van der Waals surface area contributed by atoms with Crippen LogP contribution < -0.4 is 10.1 Å². The van der Waals surface area contributed by atoms with E-state index in [9.17, 15) is 4.39 Å². The van der Waals surface area contributed by atoms with Crippen molar-refractivity contribution < 1.29 is 9.13 Å². The lowest BCUT2D eigenvalue weighted by atomic mass is 10.1. The molecular formula is C23H20FN3OS. The molecule has 0 spiro atoms. The van der Waals surface area contributed by atoms with Crippen molar-refractivity contribution in [3.8, 4) is 17.0 Å². The molecule has 146 valence electrons. The van der Waals surface area contributed by atoms with Gasteiger partial charge >= 0.3 is 0 Å². The van der Waals surface area contributed by atoms with Crippen LogP contribution in [0.15, 0.2) is 78.4 Å². The first-order valence-electron chi connectivity index (χ1n) is 9.37. The van der Waals surface area contributed by atoms with Gasteiger partial charge in [-0.25, -0.2) is 9.37 Å². The molecule has 0 aliphatic carbocycles. The Labute approximate surface area is 173 Å². The summed E-state index contributed by atoms with van der Waals surface area (Å²) >= 11 is 1.46. The van der Waals surface area contributed by atoms with E-state index >= 15 is 0 Å². The molecule has 29 heavy (non-hydrogen) atoms. The van der Waals surface area contributed by atoms with Crippen molar-refractivity contribution in [2.24, 2.45) is 0 Å². The van der Waals surface area contributed by atoms with E-state index in [1.807, 2.05) is 35.7 Å². The Morgan fingerprint density at radius 1 is 1.03 bits per heavy atom. The summed E-state index contributed by atoms with van der Waals surface area (Å²) in [6.07, 6.45) is 5.23. The lowest BCUT2D eigenvalue weighted by Gasteiger charge is -2.09. The third-order valence-electron chi connectivity index (χ3n) is 4.35. The minimum Gasteiger partial charge on any atom is -0.491 e. The first-order chi connectivity index (χ1) is 14.3. The van der Waals surface area contributed by atoms with Crippen LogP contribution in [0.2, 0.25) is 0 Å². The predicted octanol–water partition coefficient (Wildman–Crippen LogP) is 6.10. The Morgan fingerprint density at radius 3 is 2.72 bits per heavy atom. The average molecular weight is 405 g/mol. The Hall–Kier alpha value is -3.25. The van der Waals surface area contributed by atoms with Crippen molar-refractivity contribution in [1.29, 1.82) is 0 Å². The van der Waals surface area contributed by atoms with Crippen LogP contribution in [0.5, 0.6) is 5.75 Å². The highest BCUT2D eigenvalue weighted by Crippen LogP contribution is 2.28. The number of nitrogens with zero attached hydrogens (tertiary/aromatic N) is 2. The van der Waals surface area contributed by atoms with Crippen LogP contribution in [0.4, 0.5) is 15.2 Å². The summed E-state index contributed by atoms with van der Waals surface area (Å²) in [7, 11) is 0. The highest BCUT2D eigenvalue weighted by molar-refractivity contribution is 7.14. The molecule has 0 aliphatic heterocycles. The van der Waals surface area contributed by atoms with Gasteiger partial charge in [-0.1, -0.05) is 30.3 Å². The smallest absolute Gasteiger partial charge is 0.187 e. The Morgan fingerprint density at radius 2 is 1.93 bits per heavy atom. The number of thiazole rings is 1. The van der Waals surface area contributed by atoms with Crippen LogP contribution >= 0.6 is 11.3 Å². The standard InChI is InChI=1S/C23H20FN3OS/c24-20-14-19(26-23-27-21(16-29-23)18-9-4-12-25-15-18)10-11-22(20)28-13-5-8-17-6-2-1-3-7-17/h1-4,6-7,9-12,14-16H,5,8,13H2,(H,26,27). The van der Waals surface area contributed by atoms with E-state index in [1.165, 1.54) is 23.0 Å². The van der Waals surface area contributed by atoms with Crippen LogP contribution in [-0.4, -0.2) is 16.6 Å². The Balaban J connectivity index is 1.32. The molecule has 0 saturated carbocycles. The van der Waals surface area contributed by atoms with Gasteiger partial charge in [0.1, 0.15) is 0 Å². The molecule has 4 nitrogen and oxygen atoms in total. The molecule has 0 bridgehead atoms. The molecule has 2 heterocycles. The van der Waals surface area contributed by atoms with Crippen LogP contribution in [0.1, 0.15) is 12.0 Å². The van der Waals surface area contributed by atoms with E-state index in [-0.39, 0.29) is 5.75 Å². The third kappa shape index (κ3) is 5.18. The van der Waals surface area contributed by atoms with Crippen LogP contribution in [-0.2, 0) is 6.42 Å². The molecule has 4 aromatic rings. The molecule has 2 aromatic heterocycles. The third-order valence-corrected chi connectivity index (χ3v) is 5.11. The number of hydrogen-bond donors (Lipinski definition) is 1. The second kappa shape index (κ2) is 9.30. The number of aryl methyl sites for hydroxylation is 1. The molecule has 0 saturated heterocycles. The highest BCUT2D eigenvalue weighted by atomic mass is 32.1. The predicted molar refractivity (Wildman–Crippen MR) is 115 cm³/mol. The fourth-order valence-electron chi connectivity index (χ4n) is 2.90. The first kappa shape index (κ1) is 19.1. The number of ether oxygens (including phenoxy) is 1. The molecule has 6 heteroatoms. The number of benzene rings is 2. The maximum absolute atomic E-state index is 14.4.